The summed E-state index contributed by atoms with van der Waals surface area (Å²) in [6.07, 6.45) is 0.647. The fourth-order valence-electron chi connectivity index (χ4n) is 3.33. The van der Waals surface area contributed by atoms with Gasteiger partial charge in [-0.2, -0.15) is 4.31 Å². The Morgan fingerprint density at radius 2 is 1.63 bits per heavy atom. The molecule has 1 aliphatic rings. The second-order valence-corrected chi connectivity index (χ2v) is 8.81. The number of methoxy groups -OCH3 is 2. The summed E-state index contributed by atoms with van der Waals surface area (Å²) in [6.45, 7) is 1.74. The maximum Gasteiger partial charge on any atom is 0.317 e. The van der Waals surface area contributed by atoms with Crippen LogP contribution in [0.4, 0.5) is 4.79 Å². The van der Waals surface area contributed by atoms with E-state index in [1.807, 2.05) is 18.2 Å². The summed E-state index contributed by atoms with van der Waals surface area (Å²) in [5.74, 6) is 1.31. The van der Waals surface area contributed by atoms with Crippen molar-refractivity contribution in [2.75, 3.05) is 46.9 Å². The maximum absolute atomic E-state index is 12.7. The van der Waals surface area contributed by atoms with Crippen LogP contribution in [0.25, 0.3) is 0 Å². The van der Waals surface area contributed by atoms with Crippen molar-refractivity contribution < 1.29 is 22.7 Å². The molecule has 3 rings (SSSR count). The van der Waals surface area contributed by atoms with E-state index in [0.29, 0.717) is 37.6 Å². The van der Waals surface area contributed by atoms with Gasteiger partial charge in [-0.05, 0) is 36.2 Å². The number of carbonyl (C=O) groups excluding carboxylic acids is 1. The van der Waals surface area contributed by atoms with Gasteiger partial charge >= 0.3 is 6.03 Å². The van der Waals surface area contributed by atoms with E-state index in [0.717, 1.165) is 5.56 Å². The number of urea groups is 1. The van der Waals surface area contributed by atoms with E-state index in [1.54, 1.807) is 49.5 Å². The number of nitrogens with zero attached hydrogens (tertiary/aromatic N) is 2. The average molecular weight is 434 g/mol. The van der Waals surface area contributed by atoms with E-state index in [9.17, 15) is 13.2 Å². The normalized spacial score (nSPS) is 14.9. The number of hydrogen-bond donors (Lipinski definition) is 1. The molecule has 1 aliphatic heterocycles. The maximum atomic E-state index is 12.7. The van der Waals surface area contributed by atoms with Crippen LogP contribution >= 0.6 is 0 Å². The molecule has 2 aromatic carbocycles. The Hall–Kier alpha value is -2.78. The Morgan fingerprint density at radius 1 is 0.967 bits per heavy atom. The molecular formula is C21H27N3O5S. The Balaban J connectivity index is 1.48. The zero-order valence-electron chi connectivity index (χ0n) is 17.2. The highest BCUT2D eigenvalue weighted by molar-refractivity contribution is 7.89. The van der Waals surface area contributed by atoms with Crippen molar-refractivity contribution in [3.63, 3.8) is 0 Å². The minimum absolute atomic E-state index is 0.188. The molecule has 0 bridgehead atoms. The molecule has 0 unspecified atom stereocenters. The van der Waals surface area contributed by atoms with Crippen molar-refractivity contribution in [2.45, 2.75) is 11.3 Å². The third-order valence-corrected chi connectivity index (χ3v) is 6.96. The Labute approximate surface area is 177 Å². The van der Waals surface area contributed by atoms with Gasteiger partial charge in [0.1, 0.15) is 0 Å². The van der Waals surface area contributed by atoms with Crippen molar-refractivity contribution in [3.8, 4) is 11.5 Å². The third kappa shape index (κ3) is 5.03. The number of nitrogens with one attached hydrogen (secondary N) is 1. The highest BCUT2D eigenvalue weighted by atomic mass is 32.2. The number of hydrogen-bond acceptors (Lipinski definition) is 5. The number of amides is 2. The topological polar surface area (TPSA) is 88.2 Å². The summed E-state index contributed by atoms with van der Waals surface area (Å²) >= 11 is 0. The molecule has 30 heavy (non-hydrogen) atoms. The van der Waals surface area contributed by atoms with Crippen LogP contribution in [0.5, 0.6) is 11.5 Å². The number of benzene rings is 2. The zero-order chi connectivity index (χ0) is 21.6. The summed E-state index contributed by atoms with van der Waals surface area (Å²) in [7, 11) is -0.353. The van der Waals surface area contributed by atoms with Crippen LogP contribution in [0.3, 0.4) is 0 Å². The second kappa shape index (κ2) is 9.82. The molecule has 1 fully saturated rings. The fraction of sp³-hybridized carbons (Fsp3) is 0.381. The fourth-order valence-corrected chi connectivity index (χ4v) is 4.78. The third-order valence-electron chi connectivity index (χ3n) is 5.04. The number of rotatable bonds is 7. The zero-order valence-corrected chi connectivity index (χ0v) is 18.0. The SMILES string of the molecule is COc1ccc(CCNC(=O)N2CCN(S(=O)(=O)c3ccccc3)CC2)cc1OC. The molecule has 2 amide bonds. The number of sulfonamides is 1. The summed E-state index contributed by atoms with van der Waals surface area (Å²) in [5, 5.41) is 2.90. The van der Waals surface area contributed by atoms with E-state index in [1.165, 1.54) is 4.31 Å². The monoisotopic (exact) mass is 433 g/mol. The van der Waals surface area contributed by atoms with Crippen molar-refractivity contribution in [1.29, 1.82) is 0 Å². The first-order valence-electron chi connectivity index (χ1n) is 9.74. The predicted octanol–water partition coefficient (Wildman–Crippen LogP) is 1.96. The summed E-state index contributed by atoms with van der Waals surface area (Å²) in [4.78, 5) is 14.4. The van der Waals surface area contributed by atoms with Gasteiger partial charge in [0.05, 0.1) is 19.1 Å². The second-order valence-electron chi connectivity index (χ2n) is 6.88. The lowest BCUT2D eigenvalue weighted by Gasteiger charge is -2.34. The Bertz CT molecular complexity index is 958. The molecule has 0 saturated carbocycles. The molecule has 0 spiro atoms. The van der Waals surface area contributed by atoms with Gasteiger partial charge in [-0.25, -0.2) is 13.2 Å². The molecule has 2 aromatic rings. The van der Waals surface area contributed by atoms with Crippen molar-refractivity contribution in [1.82, 2.24) is 14.5 Å². The predicted molar refractivity (Wildman–Crippen MR) is 113 cm³/mol. The Kier molecular flexibility index (Phi) is 7.17. The molecule has 0 radical (unpaired) electrons. The molecule has 0 aromatic heterocycles. The van der Waals surface area contributed by atoms with Crippen LogP contribution < -0.4 is 14.8 Å². The quantitative estimate of drug-likeness (QED) is 0.721. The van der Waals surface area contributed by atoms with Gasteiger partial charge in [0, 0.05) is 32.7 Å². The van der Waals surface area contributed by atoms with Gasteiger partial charge in [0.15, 0.2) is 11.5 Å². The molecule has 162 valence electrons. The van der Waals surface area contributed by atoms with Crippen LogP contribution in [-0.4, -0.2) is 70.6 Å². The van der Waals surface area contributed by atoms with Gasteiger partial charge in [0.25, 0.3) is 0 Å². The number of carbonyl (C=O) groups is 1. The smallest absolute Gasteiger partial charge is 0.317 e. The highest BCUT2D eigenvalue weighted by Gasteiger charge is 2.29. The largest absolute Gasteiger partial charge is 0.493 e. The van der Waals surface area contributed by atoms with E-state index in [2.05, 4.69) is 5.32 Å². The molecule has 0 atom stereocenters. The summed E-state index contributed by atoms with van der Waals surface area (Å²) in [5.41, 5.74) is 1.02. The lowest BCUT2D eigenvalue weighted by atomic mass is 10.1. The summed E-state index contributed by atoms with van der Waals surface area (Å²) in [6, 6.07) is 13.8. The van der Waals surface area contributed by atoms with Crippen LogP contribution in [0.2, 0.25) is 0 Å². The van der Waals surface area contributed by atoms with Gasteiger partial charge in [-0.1, -0.05) is 24.3 Å². The Morgan fingerprint density at radius 3 is 2.27 bits per heavy atom. The highest BCUT2D eigenvalue weighted by Crippen LogP contribution is 2.27. The van der Waals surface area contributed by atoms with Gasteiger partial charge in [-0.3, -0.25) is 0 Å². The minimum atomic E-state index is -3.52. The van der Waals surface area contributed by atoms with Crippen LogP contribution in [0, 0.1) is 0 Å². The first-order valence-corrected chi connectivity index (χ1v) is 11.2. The molecule has 1 saturated heterocycles. The first-order chi connectivity index (χ1) is 14.5. The average Bonchev–Trinajstić information content (AvgIpc) is 2.79. The van der Waals surface area contributed by atoms with E-state index >= 15 is 0 Å². The van der Waals surface area contributed by atoms with E-state index in [-0.39, 0.29) is 24.0 Å². The van der Waals surface area contributed by atoms with Crippen LogP contribution in [-0.2, 0) is 16.4 Å². The van der Waals surface area contributed by atoms with Gasteiger partial charge in [-0.15, -0.1) is 0 Å². The van der Waals surface area contributed by atoms with Gasteiger partial charge in [0.2, 0.25) is 10.0 Å². The van der Waals surface area contributed by atoms with E-state index < -0.39 is 10.0 Å². The molecule has 9 heteroatoms. The van der Waals surface area contributed by atoms with Crippen molar-refractivity contribution in [3.05, 3.63) is 54.1 Å². The lowest BCUT2D eigenvalue weighted by Crippen LogP contribution is -2.53. The minimum Gasteiger partial charge on any atom is -0.493 e. The standard InChI is InChI=1S/C21H27N3O5S/c1-28-19-9-8-17(16-20(19)29-2)10-11-22-21(25)23-12-14-24(15-13-23)30(26,27)18-6-4-3-5-7-18/h3-9,16H,10-15H2,1-2H3,(H,22,25). The van der Waals surface area contributed by atoms with E-state index in [4.69, 9.17) is 9.47 Å². The number of ether oxygens (including phenoxy) is 2. The first kappa shape index (κ1) is 21.9. The van der Waals surface area contributed by atoms with Gasteiger partial charge < -0.3 is 19.7 Å². The molecule has 1 heterocycles. The molecular weight excluding hydrogens is 406 g/mol. The van der Waals surface area contributed by atoms with Crippen LogP contribution in [0.15, 0.2) is 53.4 Å². The molecule has 0 aliphatic carbocycles. The molecule has 1 N–H and O–H groups in total. The van der Waals surface area contributed by atoms with Crippen molar-refractivity contribution in [2.24, 2.45) is 0 Å². The summed E-state index contributed by atoms with van der Waals surface area (Å²) < 4.78 is 37.3. The molecule has 8 nitrogen and oxygen atoms in total. The number of piperazine rings is 1. The lowest BCUT2D eigenvalue weighted by molar-refractivity contribution is 0.172. The van der Waals surface area contributed by atoms with Crippen molar-refractivity contribution >= 4 is 16.1 Å². The van der Waals surface area contributed by atoms with Crippen LogP contribution in [0.1, 0.15) is 5.56 Å².